The lowest BCUT2D eigenvalue weighted by Crippen LogP contribution is -2.49. The number of rotatable bonds is 7. The van der Waals surface area contributed by atoms with Crippen molar-refractivity contribution < 1.29 is 28.3 Å². The molecular formula is C8H19NO6S. The fourth-order valence-corrected chi connectivity index (χ4v) is 1.66. The van der Waals surface area contributed by atoms with Gasteiger partial charge in [0.25, 0.3) is 10.1 Å². The van der Waals surface area contributed by atoms with Crippen LogP contribution in [0.4, 0.5) is 0 Å². The monoisotopic (exact) mass is 257 g/mol. The third-order valence-corrected chi connectivity index (χ3v) is 2.83. The van der Waals surface area contributed by atoms with Gasteiger partial charge in [-0.1, -0.05) is 13.8 Å². The third kappa shape index (κ3) is 5.73. The standard InChI is InChI=1S/C8H19NO6S/c1-5(2)3-6(4-10)9-7(11)8(12)16(13,14)15/h5-12H,3-4H2,1-2H3,(H,13,14,15). The molecule has 0 aliphatic carbocycles. The summed E-state index contributed by atoms with van der Waals surface area (Å²) < 4.78 is 29.5. The molecule has 0 heterocycles. The summed E-state index contributed by atoms with van der Waals surface area (Å²) in [4.78, 5) is 0. The van der Waals surface area contributed by atoms with Crippen molar-refractivity contribution in [1.82, 2.24) is 5.32 Å². The summed E-state index contributed by atoms with van der Waals surface area (Å²) in [5, 5.41) is 29.5. The zero-order valence-electron chi connectivity index (χ0n) is 9.24. The molecule has 0 bridgehead atoms. The van der Waals surface area contributed by atoms with Crippen LogP contribution in [0.2, 0.25) is 0 Å². The van der Waals surface area contributed by atoms with E-state index in [1.165, 1.54) is 0 Å². The smallest absolute Gasteiger partial charge is 0.296 e. The van der Waals surface area contributed by atoms with Crippen molar-refractivity contribution in [2.24, 2.45) is 5.92 Å². The second-order valence-corrected chi connectivity index (χ2v) is 5.54. The van der Waals surface area contributed by atoms with E-state index >= 15 is 0 Å². The minimum Gasteiger partial charge on any atom is -0.395 e. The van der Waals surface area contributed by atoms with E-state index in [0.717, 1.165) is 0 Å². The molecule has 0 aliphatic heterocycles. The van der Waals surface area contributed by atoms with Gasteiger partial charge < -0.3 is 15.3 Å². The predicted molar refractivity (Wildman–Crippen MR) is 57.0 cm³/mol. The molecule has 3 atom stereocenters. The Morgan fingerprint density at radius 2 is 1.75 bits per heavy atom. The number of nitrogens with one attached hydrogen (secondary N) is 1. The van der Waals surface area contributed by atoms with Crippen LogP contribution in [-0.4, -0.2) is 52.6 Å². The van der Waals surface area contributed by atoms with Gasteiger partial charge in [-0.25, -0.2) is 0 Å². The van der Waals surface area contributed by atoms with Crippen molar-refractivity contribution in [3.63, 3.8) is 0 Å². The Bertz CT molecular complexity index is 291. The lowest BCUT2D eigenvalue weighted by molar-refractivity contribution is 0.0207. The van der Waals surface area contributed by atoms with Gasteiger partial charge in [-0.2, -0.15) is 8.42 Å². The van der Waals surface area contributed by atoms with Crippen LogP contribution in [0.25, 0.3) is 0 Å². The van der Waals surface area contributed by atoms with E-state index in [1.54, 1.807) is 0 Å². The van der Waals surface area contributed by atoms with Crippen molar-refractivity contribution >= 4 is 10.1 Å². The molecule has 0 rings (SSSR count). The van der Waals surface area contributed by atoms with Gasteiger partial charge >= 0.3 is 0 Å². The zero-order chi connectivity index (χ0) is 12.9. The first-order valence-electron chi connectivity index (χ1n) is 4.87. The second kappa shape index (κ2) is 6.48. The highest BCUT2D eigenvalue weighted by atomic mass is 32.2. The van der Waals surface area contributed by atoms with Crippen molar-refractivity contribution in [3.05, 3.63) is 0 Å². The van der Waals surface area contributed by atoms with Gasteiger partial charge in [0.05, 0.1) is 6.61 Å². The highest BCUT2D eigenvalue weighted by molar-refractivity contribution is 7.86. The van der Waals surface area contributed by atoms with Crippen molar-refractivity contribution in [2.75, 3.05) is 6.61 Å². The number of hydrogen-bond acceptors (Lipinski definition) is 6. The topological polar surface area (TPSA) is 127 Å². The Labute approximate surface area is 94.9 Å². The summed E-state index contributed by atoms with van der Waals surface area (Å²) in [6.07, 6.45) is -1.35. The number of aliphatic hydroxyl groups is 3. The molecule has 7 nitrogen and oxygen atoms in total. The van der Waals surface area contributed by atoms with E-state index in [4.69, 9.17) is 14.8 Å². The zero-order valence-corrected chi connectivity index (χ0v) is 10.1. The van der Waals surface area contributed by atoms with Crippen LogP contribution >= 0.6 is 0 Å². The molecule has 0 aromatic rings. The molecule has 0 aromatic heterocycles. The molecule has 5 N–H and O–H groups in total. The van der Waals surface area contributed by atoms with Crippen LogP contribution < -0.4 is 5.32 Å². The average Bonchev–Trinajstić information content (AvgIpc) is 2.13. The van der Waals surface area contributed by atoms with E-state index < -0.39 is 27.8 Å². The fourth-order valence-electron chi connectivity index (χ4n) is 1.25. The van der Waals surface area contributed by atoms with Crippen molar-refractivity contribution in [1.29, 1.82) is 0 Å². The highest BCUT2D eigenvalue weighted by Gasteiger charge is 2.29. The van der Waals surface area contributed by atoms with Crippen LogP contribution in [0.5, 0.6) is 0 Å². The van der Waals surface area contributed by atoms with Crippen LogP contribution in [0.1, 0.15) is 20.3 Å². The normalized spacial score (nSPS) is 18.4. The molecule has 0 saturated carbocycles. The minimum atomic E-state index is -4.72. The Kier molecular flexibility index (Phi) is 6.38. The first-order valence-corrected chi connectivity index (χ1v) is 6.38. The molecule has 0 spiro atoms. The first kappa shape index (κ1) is 15.8. The molecule has 0 saturated heterocycles. The van der Waals surface area contributed by atoms with E-state index in [2.05, 4.69) is 5.32 Å². The maximum absolute atomic E-state index is 10.5. The van der Waals surface area contributed by atoms with Crippen LogP contribution in [-0.2, 0) is 10.1 Å². The van der Waals surface area contributed by atoms with Crippen molar-refractivity contribution in [3.8, 4) is 0 Å². The average molecular weight is 257 g/mol. The fraction of sp³-hybridized carbons (Fsp3) is 1.00. The van der Waals surface area contributed by atoms with Gasteiger partial charge in [0.2, 0.25) is 5.44 Å². The summed E-state index contributed by atoms with van der Waals surface area (Å²) in [6, 6.07) is -0.550. The number of hydrogen-bond donors (Lipinski definition) is 5. The summed E-state index contributed by atoms with van der Waals surface area (Å²) >= 11 is 0. The SMILES string of the molecule is CC(C)CC(CO)NC(O)C(O)S(=O)(=O)O. The number of aliphatic hydroxyl groups excluding tert-OH is 3. The van der Waals surface area contributed by atoms with Gasteiger partial charge in [0.1, 0.15) is 6.23 Å². The van der Waals surface area contributed by atoms with Crippen LogP contribution in [0, 0.1) is 5.92 Å². The molecule has 0 radical (unpaired) electrons. The largest absolute Gasteiger partial charge is 0.395 e. The summed E-state index contributed by atoms with van der Waals surface area (Å²) in [5.41, 5.74) is -2.33. The van der Waals surface area contributed by atoms with E-state index in [0.29, 0.717) is 6.42 Å². The molecule has 0 fully saturated rings. The molecule has 16 heavy (non-hydrogen) atoms. The van der Waals surface area contributed by atoms with Gasteiger partial charge in [0.15, 0.2) is 0 Å². The molecule has 98 valence electrons. The molecular weight excluding hydrogens is 238 g/mol. The van der Waals surface area contributed by atoms with Crippen LogP contribution in [0.15, 0.2) is 0 Å². The molecule has 0 aromatic carbocycles. The Morgan fingerprint density at radius 3 is 2.06 bits per heavy atom. The summed E-state index contributed by atoms with van der Waals surface area (Å²) in [6.45, 7) is 3.46. The Balaban J connectivity index is 4.35. The van der Waals surface area contributed by atoms with Gasteiger partial charge in [-0.05, 0) is 12.3 Å². The van der Waals surface area contributed by atoms with Gasteiger partial charge in [0, 0.05) is 6.04 Å². The first-order chi connectivity index (χ1) is 7.18. The van der Waals surface area contributed by atoms with Gasteiger partial charge in [-0.3, -0.25) is 9.87 Å². The summed E-state index contributed by atoms with van der Waals surface area (Å²) in [7, 11) is -4.72. The summed E-state index contributed by atoms with van der Waals surface area (Å²) in [5.74, 6) is 0.222. The molecule has 0 amide bonds. The molecule has 0 aliphatic rings. The van der Waals surface area contributed by atoms with Crippen LogP contribution in [0.3, 0.4) is 0 Å². The Hall–Kier alpha value is -0.250. The highest BCUT2D eigenvalue weighted by Crippen LogP contribution is 2.07. The Morgan fingerprint density at radius 1 is 1.25 bits per heavy atom. The molecule has 3 unspecified atom stereocenters. The lowest BCUT2D eigenvalue weighted by Gasteiger charge is -2.24. The van der Waals surface area contributed by atoms with E-state index in [-0.39, 0.29) is 12.5 Å². The maximum atomic E-state index is 10.5. The quantitative estimate of drug-likeness (QED) is 0.277. The minimum absolute atomic E-state index is 0.222. The molecule has 8 heteroatoms. The lowest BCUT2D eigenvalue weighted by atomic mass is 10.0. The second-order valence-electron chi connectivity index (χ2n) is 4.03. The predicted octanol–water partition coefficient (Wildman–Crippen LogP) is -1.49. The van der Waals surface area contributed by atoms with E-state index in [1.807, 2.05) is 13.8 Å². The van der Waals surface area contributed by atoms with E-state index in [9.17, 15) is 13.5 Å². The maximum Gasteiger partial charge on any atom is 0.296 e. The van der Waals surface area contributed by atoms with Gasteiger partial charge in [-0.15, -0.1) is 0 Å². The third-order valence-electron chi connectivity index (χ3n) is 1.96. The van der Waals surface area contributed by atoms with Crippen molar-refractivity contribution in [2.45, 2.75) is 38.0 Å².